The van der Waals surface area contributed by atoms with Crippen molar-refractivity contribution in [3.63, 3.8) is 0 Å². The maximum Gasteiger partial charge on any atom is 0.241 e. The van der Waals surface area contributed by atoms with Crippen molar-refractivity contribution in [1.82, 2.24) is 4.72 Å². The molecule has 2 aromatic carbocycles. The van der Waals surface area contributed by atoms with E-state index in [0.717, 1.165) is 43.0 Å². The molecule has 0 spiro atoms. The number of nitrogens with zero attached hydrogens (tertiary/aromatic N) is 1. The van der Waals surface area contributed by atoms with Crippen LogP contribution in [0.4, 0.5) is 5.69 Å². The maximum atomic E-state index is 13.0. The highest BCUT2D eigenvalue weighted by molar-refractivity contribution is 7.89. The van der Waals surface area contributed by atoms with Crippen molar-refractivity contribution in [1.29, 1.82) is 0 Å². The Balaban J connectivity index is 1.83. The number of rotatable bonds is 7. The lowest BCUT2D eigenvalue weighted by Gasteiger charge is -2.33. The molecule has 6 nitrogen and oxygen atoms in total. The van der Waals surface area contributed by atoms with Crippen LogP contribution in [-0.4, -0.2) is 62.3 Å². The molecular weight excluding hydrogens is 396 g/mol. The molecular formula is C23H36N4O2S+2. The molecule has 0 bridgehead atoms. The molecule has 0 radical (unpaired) electrons. The van der Waals surface area contributed by atoms with E-state index in [4.69, 9.17) is 0 Å². The van der Waals surface area contributed by atoms with Gasteiger partial charge in [-0.25, -0.2) is 13.1 Å². The summed E-state index contributed by atoms with van der Waals surface area (Å²) in [6, 6.07) is 14.1. The molecule has 1 fully saturated rings. The summed E-state index contributed by atoms with van der Waals surface area (Å²) in [6.45, 7) is 8.51. The zero-order valence-electron chi connectivity index (χ0n) is 18.8. The number of anilines is 1. The number of aryl methyl sites for hydroxylation is 2. The van der Waals surface area contributed by atoms with Crippen molar-refractivity contribution in [2.45, 2.75) is 24.8 Å². The first-order valence-electron chi connectivity index (χ1n) is 10.7. The van der Waals surface area contributed by atoms with Gasteiger partial charge < -0.3 is 14.7 Å². The van der Waals surface area contributed by atoms with Gasteiger partial charge in [-0.3, -0.25) is 0 Å². The van der Waals surface area contributed by atoms with Gasteiger partial charge in [0, 0.05) is 25.3 Å². The molecule has 1 atom stereocenters. The van der Waals surface area contributed by atoms with Gasteiger partial charge >= 0.3 is 0 Å². The van der Waals surface area contributed by atoms with Gasteiger partial charge in [0.15, 0.2) is 0 Å². The molecule has 1 saturated heterocycles. The first-order chi connectivity index (χ1) is 14.2. The molecule has 1 heterocycles. The van der Waals surface area contributed by atoms with Gasteiger partial charge in [0.25, 0.3) is 0 Å². The minimum Gasteiger partial charge on any atom is -0.378 e. The molecule has 164 valence electrons. The zero-order chi connectivity index (χ0) is 21.9. The summed E-state index contributed by atoms with van der Waals surface area (Å²) in [7, 11) is 2.72. The van der Waals surface area contributed by atoms with E-state index in [1.54, 1.807) is 6.07 Å². The molecule has 0 saturated carbocycles. The van der Waals surface area contributed by atoms with Gasteiger partial charge in [-0.2, -0.15) is 0 Å². The quantitative estimate of drug-likeness (QED) is 0.568. The van der Waals surface area contributed by atoms with Crippen LogP contribution in [0.3, 0.4) is 0 Å². The number of hydrogen-bond acceptors (Lipinski definition) is 3. The van der Waals surface area contributed by atoms with Gasteiger partial charge in [-0.05, 0) is 37.6 Å². The smallest absolute Gasteiger partial charge is 0.241 e. The molecule has 0 aliphatic carbocycles. The summed E-state index contributed by atoms with van der Waals surface area (Å²) >= 11 is 0. The van der Waals surface area contributed by atoms with Gasteiger partial charge in [0.1, 0.15) is 32.2 Å². The molecule has 0 aromatic heterocycles. The minimum atomic E-state index is -3.56. The molecule has 3 rings (SSSR count). The molecule has 0 amide bonds. The van der Waals surface area contributed by atoms with Gasteiger partial charge in [-0.1, -0.05) is 29.8 Å². The first-order valence-corrected chi connectivity index (χ1v) is 12.2. The topological polar surface area (TPSA) is 58.3 Å². The summed E-state index contributed by atoms with van der Waals surface area (Å²) in [6.07, 6.45) is 0. The number of sulfonamides is 1. The zero-order valence-corrected chi connectivity index (χ0v) is 19.6. The SMILES string of the molecule is Cc1ccc(S(=O)(=O)NC[C@@H](c2ccc(N(C)C)cc2)[NH+]2CC[NH+](C)CC2)c(C)c1. The molecule has 3 N–H and O–H groups in total. The highest BCUT2D eigenvalue weighted by Crippen LogP contribution is 2.19. The predicted molar refractivity (Wildman–Crippen MR) is 122 cm³/mol. The van der Waals surface area contributed by atoms with E-state index in [2.05, 4.69) is 40.9 Å². The Morgan fingerprint density at radius 1 is 1.00 bits per heavy atom. The Morgan fingerprint density at radius 2 is 1.63 bits per heavy atom. The summed E-state index contributed by atoms with van der Waals surface area (Å²) in [4.78, 5) is 5.43. The second-order valence-electron chi connectivity index (χ2n) is 8.77. The minimum absolute atomic E-state index is 0.0924. The Morgan fingerprint density at radius 3 is 2.20 bits per heavy atom. The predicted octanol–water partition coefficient (Wildman–Crippen LogP) is -0.198. The van der Waals surface area contributed by atoms with Crippen molar-refractivity contribution in [2.75, 3.05) is 58.8 Å². The van der Waals surface area contributed by atoms with Crippen LogP contribution in [0.1, 0.15) is 22.7 Å². The fourth-order valence-corrected chi connectivity index (χ4v) is 5.49. The van der Waals surface area contributed by atoms with Crippen LogP contribution in [-0.2, 0) is 10.0 Å². The normalized spacial score (nSPS) is 20.7. The van der Waals surface area contributed by atoms with E-state index in [-0.39, 0.29) is 6.04 Å². The number of quaternary nitrogens is 2. The lowest BCUT2D eigenvalue weighted by molar-refractivity contribution is -1.02. The van der Waals surface area contributed by atoms with E-state index < -0.39 is 10.0 Å². The highest BCUT2D eigenvalue weighted by Gasteiger charge is 2.31. The van der Waals surface area contributed by atoms with Crippen LogP contribution in [0.5, 0.6) is 0 Å². The van der Waals surface area contributed by atoms with Crippen LogP contribution in [0.2, 0.25) is 0 Å². The van der Waals surface area contributed by atoms with Crippen LogP contribution in [0.25, 0.3) is 0 Å². The maximum absolute atomic E-state index is 13.0. The van der Waals surface area contributed by atoms with Gasteiger partial charge in [0.05, 0.1) is 18.5 Å². The largest absolute Gasteiger partial charge is 0.378 e. The van der Waals surface area contributed by atoms with Crippen molar-refractivity contribution in [2.24, 2.45) is 0 Å². The van der Waals surface area contributed by atoms with E-state index in [9.17, 15) is 8.42 Å². The van der Waals surface area contributed by atoms with Crippen LogP contribution in [0.15, 0.2) is 47.4 Å². The third-order valence-corrected chi connectivity index (χ3v) is 7.73. The Labute approximate surface area is 181 Å². The summed E-state index contributed by atoms with van der Waals surface area (Å²) in [5.41, 5.74) is 4.17. The standard InChI is InChI=1S/C23H34N4O2S/c1-18-6-11-23(19(2)16-18)30(28,29)24-17-22(27-14-12-26(5)13-15-27)20-7-9-21(10-8-20)25(3)4/h6-11,16,22,24H,12-15,17H2,1-5H3/p+2/t22-/m0/s1. The molecule has 2 aromatic rings. The van der Waals surface area contributed by atoms with Crippen LogP contribution in [0, 0.1) is 13.8 Å². The van der Waals surface area contributed by atoms with Gasteiger partial charge in [-0.15, -0.1) is 0 Å². The summed E-state index contributed by atoms with van der Waals surface area (Å²) < 4.78 is 29.0. The van der Waals surface area contributed by atoms with E-state index in [0.29, 0.717) is 11.4 Å². The third kappa shape index (κ3) is 5.40. The number of nitrogens with one attached hydrogen (secondary N) is 3. The Hall–Kier alpha value is -1.93. The van der Waals surface area contributed by atoms with Crippen molar-refractivity contribution >= 4 is 15.7 Å². The lowest BCUT2D eigenvalue weighted by Crippen LogP contribution is -3.27. The number of hydrogen-bond donors (Lipinski definition) is 3. The molecule has 1 aliphatic heterocycles. The third-order valence-electron chi connectivity index (χ3n) is 6.15. The van der Waals surface area contributed by atoms with E-state index in [1.807, 2.05) is 40.1 Å². The average molecular weight is 433 g/mol. The summed E-state index contributed by atoms with van der Waals surface area (Å²) in [5, 5.41) is 0. The van der Waals surface area contributed by atoms with Crippen molar-refractivity contribution in [3.8, 4) is 0 Å². The first kappa shape index (κ1) is 22.7. The second-order valence-corrected chi connectivity index (χ2v) is 10.5. The van der Waals surface area contributed by atoms with Crippen molar-refractivity contribution < 1.29 is 18.2 Å². The Kier molecular flexibility index (Phi) is 7.18. The second kappa shape index (κ2) is 9.47. The van der Waals surface area contributed by atoms with Crippen LogP contribution < -0.4 is 19.4 Å². The molecule has 0 unspecified atom stereocenters. The van der Waals surface area contributed by atoms with Crippen molar-refractivity contribution in [3.05, 3.63) is 59.2 Å². The fraction of sp³-hybridized carbons (Fsp3) is 0.478. The molecule has 7 heteroatoms. The number of benzene rings is 2. The molecule has 30 heavy (non-hydrogen) atoms. The monoisotopic (exact) mass is 432 g/mol. The van der Waals surface area contributed by atoms with Gasteiger partial charge in [0.2, 0.25) is 10.0 Å². The number of likely N-dealkylation sites (N-methyl/N-ethyl adjacent to an activating group) is 1. The highest BCUT2D eigenvalue weighted by atomic mass is 32.2. The number of piperazine rings is 1. The van der Waals surface area contributed by atoms with E-state index >= 15 is 0 Å². The summed E-state index contributed by atoms with van der Waals surface area (Å²) in [5.74, 6) is 0. The molecule has 1 aliphatic rings. The fourth-order valence-electron chi connectivity index (χ4n) is 4.22. The van der Waals surface area contributed by atoms with Crippen LogP contribution >= 0.6 is 0 Å². The van der Waals surface area contributed by atoms with E-state index in [1.165, 1.54) is 15.4 Å². The average Bonchev–Trinajstić information content (AvgIpc) is 2.69. The Bertz CT molecular complexity index is 950. The lowest BCUT2D eigenvalue weighted by atomic mass is 10.0.